The highest BCUT2D eigenvalue weighted by molar-refractivity contribution is 5.82. The molecule has 0 radical (unpaired) electrons. The van der Waals surface area contributed by atoms with Gasteiger partial charge in [-0.05, 0) is 22.4 Å². The van der Waals surface area contributed by atoms with Gasteiger partial charge in [0.2, 0.25) is 0 Å². The first-order chi connectivity index (χ1) is 12.3. The highest BCUT2D eigenvalue weighted by Gasteiger charge is 2.20. The zero-order chi connectivity index (χ0) is 17.1. The van der Waals surface area contributed by atoms with E-state index in [2.05, 4.69) is 68.3 Å². The number of benzene rings is 2. The summed E-state index contributed by atoms with van der Waals surface area (Å²) in [6, 6.07) is 17.3. The minimum Gasteiger partial charge on any atom is -0.352 e. The van der Waals surface area contributed by atoms with E-state index >= 15 is 0 Å². The predicted molar refractivity (Wildman–Crippen MR) is 98.2 cm³/mol. The summed E-state index contributed by atoms with van der Waals surface area (Å²) < 4.78 is 0. The molecule has 1 aliphatic rings. The van der Waals surface area contributed by atoms with Gasteiger partial charge in [0, 0.05) is 45.1 Å². The fourth-order valence-electron chi connectivity index (χ4n) is 3.35. The van der Waals surface area contributed by atoms with Crippen LogP contribution in [-0.4, -0.2) is 41.0 Å². The van der Waals surface area contributed by atoms with Crippen LogP contribution in [0.3, 0.4) is 0 Å². The van der Waals surface area contributed by atoms with Gasteiger partial charge >= 0.3 is 0 Å². The molecule has 0 spiro atoms. The van der Waals surface area contributed by atoms with Crippen LogP contribution in [-0.2, 0) is 6.54 Å². The average molecular weight is 329 g/mol. The Morgan fingerprint density at radius 3 is 2.48 bits per heavy atom. The van der Waals surface area contributed by atoms with Gasteiger partial charge in [0.15, 0.2) is 11.5 Å². The first kappa shape index (κ1) is 15.6. The number of aromatic nitrogens is 2. The van der Waals surface area contributed by atoms with Crippen LogP contribution in [0.15, 0.2) is 54.9 Å². The minimum absolute atomic E-state index is 0.408. The molecule has 0 unspecified atom stereocenters. The topological polar surface area (TPSA) is 56.1 Å². The van der Waals surface area contributed by atoms with Gasteiger partial charge in [-0.3, -0.25) is 4.90 Å². The number of hydrogen-bond acceptors (Lipinski definition) is 5. The highest BCUT2D eigenvalue weighted by Crippen LogP contribution is 2.19. The van der Waals surface area contributed by atoms with Crippen molar-refractivity contribution in [1.29, 1.82) is 5.26 Å². The standard InChI is InChI=1S/C20H19N5/c21-14-19-20(23-8-7-22-19)25-11-9-24(10-12-25)15-16-5-6-17-3-1-2-4-18(17)13-16/h1-8,13H,9-12,15H2. The molecule has 0 atom stereocenters. The number of rotatable bonds is 3. The first-order valence-electron chi connectivity index (χ1n) is 8.49. The van der Waals surface area contributed by atoms with Crippen LogP contribution in [0.2, 0.25) is 0 Å². The molecule has 5 nitrogen and oxygen atoms in total. The van der Waals surface area contributed by atoms with Gasteiger partial charge in [0.25, 0.3) is 0 Å². The van der Waals surface area contributed by atoms with E-state index in [-0.39, 0.29) is 0 Å². The summed E-state index contributed by atoms with van der Waals surface area (Å²) in [5.41, 5.74) is 1.75. The molecule has 4 rings (SSSR count). The highest BCUT2D eigenvalue weighted by atomic mass is 15.3. The second-order valence-electron chi connectivity index (χ2n) is 6.29. The van der Waals surface area contributed by atoms with Crippen molar-refractivity contribution in [2.24, 2.45) is 0 Å². The zero-order valence-electron chi connectivity index (χ0n) is 14.0. The molecule has 3 aromatic rings. The summed E-state index contributed by atoms with van der Waals surface area (Å²) in [6.07, 6.45) is 3.22. The predicted octanol–water partition coefficient (Wildman–Crippen LogP) is 2.82. The van der Waals surface area contributed by atoms with Crippen molar-refractivity contribution in [3.05, 3.63) is 66.1 Å². The van der Waals surface area contributed by atoms with E-state index in [9.17, 15) is 5.26 Å². The van der Waals surface area contributed by atoms with Gasteiger partial charge in [0.1, 0.15) is 6.07 Å². The molecular weight excluding hydrogens is 310 g/mol. The number of fused-ring (bicyclic) bond motifs is 1. The molecule has 2 heterocycles. The van der Waals surface area contributed by atoms with Crippen LogP contribution in [0.1, 0.15) is 11.3 Å². The van der Waals surface area contributed by atoms with Crippen LogP contribution in [0.25, 0.3) is 10.8 Å². The van der Waals surface area contributed by atoms with Crippen molar-refractivity contribution in [1.82, 2.24) is 14.9 Å². The second kappa shape index (κ2) is 6.88. The maximum atomic E-state index is 9.19. The van der Waals surface area contributed by atoms with E-state index < -0.39 is 0 Å². The smallest absolute Gasteiger partial charge is 0.183 e. The van der Waals surface area contributed by atoms with Gasteiger partial charge in [-0.15, -0.1) is 0 Å². The van der Waals surface area contributed by atoms with E-state index in [1.165, 1.54) is 16.3 Å². The third kappa shape index (κ3) is 3.30. The van der Waals surface area contributed by atoms with Gasteiger partial charge < -0.3 is 4.90 Å². The Kier molecular flexibility index (Phi) is 4.28. The van der Waals surface area contributed by atoms with Gasteiger partial charge in [-0.2, -0.15) is 5.26 Å². The minimum atomic E-state index is 0.408. The fourth-order valence-corrected chi connectivity index (χ4v) is 3.35. The summed E-state index contributed by atoms with van der Waals surface area (Å²) in [6.45, 7) is 4.58. The Hall–Kier alpha value is -2.97. The Labute approximate surface area is 147 Å². The average Bonchev–Trinajstić information content (AvgIpc) is 2.68. The number of nitriles is 1. The lowest BCUT2D eigenvalue weighted by atomic mass is 10.1. The summed E-state index contributed by atoms with van der Waals surface area (Å²) in [4.78, 5) is 13.1. The molecule has 5 heteroatoms. The number of nitrogens with zero attached hydrogens (tertiary/aromatic N) is 5. The zero-order valence-corrected chi connectivity index (χ0v) is 14.0. The Morgan fingerprint density at radius 2 is 1.68 bits per heavy atom. The van der Waals surface area contributed by atoms with Crippen molar-refractivity contribution in [2.75, 3.05) is 31.1 Å². The number of anilines is 1. The maximum Gasteiger partial charge on any atom is 0.183 e. The molecule has 1 fully saturated rings. The summed E-state index contributed by atoms with van der Waals surface area (Å²) in [7, 11) is 0. The van der Waals surface area contributed by atoms with Gasteiger partial charge in [0.05, 0.1) is 0 Å². The molecule has 124 valence electrons. The van der Waals surface area contributed by atoms with Crippen LogP contribution in [0.4, 0.5) is 5.82 Å². The largest absolute Gasteiger partial charge is 0.352 e. The number of piperazine rings is 1. The van der Waals surface area contributed by atoms with E-state index in [0.29, 0.717) is 11.5 Å². The van der Waals surface area contributed by atoms with Crippen molar-refractivity contribution in [3.63, 3.8) is 0 Å². The third-order valence-electron chi connectivity index (χ3n) is 4.68. The quantitative estimate of drug-likeness (QED) is 0.739. The maximum absolute atomic E-state index is 9.19. The monoisotopic (exact) mass is 329 g/mol. The van der Waals surface area contributed by atoms with Gasteiger partial charge in [-0.25, -0.2) is 9.97 Å². The van der Waals surface area contributed by atoms with Gasteiger partial charge in [-0.1, -0.05) is 36.4 Å². The Bertz CT molecular complexity index is 923. The molecular formula is C20H19N5. The van der Waals surface area contributed by atoms with Crippen molar-refractivity contribution < 1.29 is 0 Å². The molecule has 0 aliphatic carbocycles. The van der Waals surface area contributed by atoms with E-state index in [1.807, 2.05) is 0 Å². The molecule has 1 saturated heterocycles. The van der Waals surface area contributed by atoms with Crippen LogP contribution in [0, 0.1) is 11.3 Å². The normalized spacial score (nSPS) is 15.2. The second-order valence-corrected chi connectivity index (χ2v) is 6.29. The molecule has 25 heavy (non-hydrogen) atoms. The van der Waals surface area contributed by atoms with Crippen molar-refractivity contribution in [2.45, 2.75) is 6.54 Å². The van der Waals surface area contributed by atoms with Crippen molar-refractivity contribution >= 4 is 16.6 Å². The summed E-state index contributed by atoms with van der Waals surface area (Å²) in [5.74, 6) is 0.704. The SMILES string of the molecule is N#Cc1nccnc1N1CCN(Cc2ccc3ccccc3c2)CC1. The van der Waals surface area contributed by atoms with E-state index in [4.69, 9.17) is 0 Å². The van der Waals surface area contributed by atoms with Crippen LogP contribution in [0.5, 0.6) is 0 Å². The molecule has 1 aliphatic heterocycles. The summed E-state index contributed by atoms with van der Waals surface area (Å²) >= 11 is 0. The van der Waals surface area contributed by atoms with Crippen LogP contribution < -0.4 is 4.90 Å². The molecule has 0 N–H and O–H groups in total. The first-order valence-corrected chi connectivity index (χ1v) is 8.49. The molecule has 1 aromatic heterocycles. The lowest BCUT2D eigenvalue weighted by Gasteiger charge is -2.35. The molecule has 0 amide bonds. The molecule has 2 aromatic carbocycles. The Balaban J connectivity index is 1.42. The lowest BCUT2D eigenvalue weighted by molar-refractivity contribution is 0.249. The molecule has 0 bridgehead atoms. The Morgan fingerprint density at radius 1 is 0.920 bits per heavy atom. The summed E-state index contributed by atoms with van der Waals surface area (Å²) in [5, 5.41) is 11.8. The number of hydrogen-bond donors (Lipinski definition) is 0. The van der Waals surface area contributed by atoms with Crippen LogP contribution >= 0.6 is 0 Å². The fraction of sp³-hybridized carbons (Fsp3) is 0.250. The third-order valence-corrected chi connectivity index (χ3v) is 4.68. The lowest BCUT2D eigenvalue weighted by Crippen LogP contribution is -2.46. The van der Waals surface area contributed by atoms with E-state index in [0.717, 1.165) is 32.7 Å². The van der Waals surface area contributed by atoms with Crippen molar-refractivity contribution in [3.8, 4) is 6.07 Å². The molecule has 0 saturated carbocycles. The van der Waals surface area contributed by atoms with E-state index in [1.54, 1.807) is 12.4 Å².